The van der Waals surface area contributed by atoms with Crippen LogP contribution in [0.15, 0.2) is 97.3 Å². The Balaban J connectivity index is 1.41. The predicted molar refractivity (Wildman–Crippen MR) is 143 cm³/mol. The molecule has 6 rings (SSSR count). The third-order valence-electron chi connectivity index (χ3n) is 6.72. The quantitative estimate of drug-likeness (QED) is 0.410. The third-order valence-corrected chi connectivity index (χ3v) is 7.03. The van der Waals surface area contributed by atoms with Crippen LogP contribution in [0.2, 0.25) is 0 Å². The second kappa shape index (κ2) is 9.52. The van der Waals surface area contributed by atoms with Crippen molar-refractivity contribution in [2.45, 2.75) is 12.1 Å². The Morgan fingerprint density at radius 2 is 1.54 bits per heavy atom. The van der Waals surface area contributed by atoms with Gasteiger partial charge >= 0.3 is 0 Å². The number of para-hydroxylation sites is 1. The number of anilines is 2. The predicted octanol–water partition coefficient (Wildman–Crippen LogP) is 4.89. The summed E-state index contributed by atoms with van der Waals surface area (Å²) in [6.45, 7) is 3.37. The fraction of sp³-hybridized carbons (Fsp3) is 0.214. The molecular weight excluding hydrogens is 454 g/mol. The van der Waals surface area contributed by atoms with E-state index in [0.29, 0.717) is 5.11 Å². The number of rotatable bonds is 5. The zero-order chi connectivity index (χ0) is 23.6. The number of pyridine rings is 1. The lowest BCUT2D eigenvalue weighted by Crippen LogP contribution is -2.36. The topological polar surface area (TPSA) is 45.6 Å². The van der Waals surface area contributed by atoms with E-state index in [1.807, 2.05) is 24.4 Å². The number of nitrogens with zero attached hydrogens (tertiary/aromatic N) is 4. The van der Waals surface area contributed by atoms with Crippen molar-refractivity contribution in [2.75, 3.05) is 36.1 Å². The lowest BCUT2D eigenvalue weighted by molar-refractivity contribution is 0.122. The molecule has 2 atom stereocenters. The Bertz CT molecular complexity index is 1290. The Kier molecular flexibility index (Phi) is 5.94. The minimum Gasteiger partial charge on any atom is -0.378 e. The van der Waals surface area contributed by atoms with Crippen molar-refractivity contribution in [1.29, 1.82) is 0 Å². The Hall–Kier alpha value is -3.68. The fourth-order valence-corrected chi connectivity index (χ4v) is 5.38. The van der Waals surface area contributed by atoms with Gasteiger partial charge in [-0.1, -0.05) is 24.3 Å². The lowest BCUT2D eigenvalue weighted by atomic mass is 10.0. The number of ether oxygens (including phenoxy) is 1. The molecule has 6 nitrogen and oxygen atoms in total. The summed E-state index contributed by atoms with van der Waals surface area (Å²) in [6, 6.07) is 29.3. The average Bonchev–Trinajstić information content (AvgIpc) is 3.55. The maximum atomic E-state index is 5.92. The van der Waals surface area contributed by atoms with Crippen LogP contribution in [0.4, 0.5) is 11.4 Å². The van der Waals surface area contributed by atoms with Crippen molar-refractivity contribution in [2.24, 2.45) is 0 Å². The molecule has 0 saturated carbocycles. The van der Waals surface area contributed by atoms with Crippen LogP contribution in [0.25, 0.3) is 5.69 Å². The molecule has 0 radical (unpaired) electrons. The molecule has 0 bridgehead atoms. The van der Waals surface area contributed by atoms with Crippen LogP contribution < -0.4 is 15.1 Å². The standard InChI is InChI=1S/C28H27N5OS/c35-28-30-26(24-9-4-5-15-29-24)27(25-10-6-16-32(25)22-7-2-1-3-8-22)33(28)23-13-11-21(12-14-23)31-17-19-34-20-18-31/h1-16,26-27H,17-20H2,(H,30,35)/t26-,27+/m1/s1. The van der Waals surface area contributed by atoms with Gasteiger partial charge in [0.15, 0.2) is 5.11 Å². The van der Waals surface area contributed by atoms with Crippen molar-refractivity contribution >= 4 is 28.7 Å². The molecule has 1 N–H and O–H groups in total. The van der Waals surface area contributed by atoms with Crippen molar-refractivity contribution < 1.29 is 4.74 Å². The first-order chi connectivity index (χ1) is 17.3. The van der Waals surface area contributed by atoms with Crippen molar-refractivity contribution in [3.63, 3.8) is 0 Å². The van der Waals surface area contributed by atoms with Gasteiger partial charge in [-0.05, 0) is 72.9 Å². The summed E-state index contributed by atoms with van der Waals surface area (Å²) < 4.78 is 7.76. The van der Waals surface area contributed by atoms with Gasteiger partial charge in [0.2, 0.25) is 0 Å². The second-order valence-corrected chi connectivity index (χ2v) is 9.14. The highest BCUT2D eigenvalue weighted by Gasteiger charge is 2.42. The van der Waals surface area contributed by atoms with E-state index < -0.39 is 0 Å². The first-order valence-corrected chi connectivity index (χ1v) is 12.4. The Morgan fingerprint density at radius 3 is 2.29 bits per heavy atom. The average molecular weight is 482 g/mol. The van der Waals surface area contributed by atoms with Crippen LogP contribution in [0.1, 0.15) is 23.5 Å². The van der Waals surface area contributed by atoms with Crippen molar-refractivity contribution in [1.82, 2.24) is 14.9 Å². The normalized spacial score (nSPS) is 20.2. The van der Waals surface area contributed by atoms with E-state index in [1.165, 1.54) is 5.69 Å². The van der Waals surface area contributed by atoms with E-state index in [9.17, 15) is 0 Å². The van der Waals surface area contributed by atoms with E-state index in [0.717, 1.165) is 49.1 Å². The van der Waals surface area contributed by atoms with Crippen LogP contribution in [0.5, 0.6) is 0 Å². The second-order valence-electron chi connectivity index (χ2n) is 8.75. The molecule has 4 aromatic rings. The SMILES string of the molecule is S=C1N[C@H](c2ccccn2)[C@H](c2cccn2-c2ccccc2)N1c1ccc(N2CCOCC2)cc1. The van der Waals surface area contributed by atoms with Crippen LogP contribution >= 0.6 is 12.2 Å². The molecule has 4 heterocycles. The zero-order valence-corrected chi connectivity index (χ0v) is 20.1. The molecule has 176 valence electrons. The monoisotopic (exact) mass is 481 g/mol. The maximum absolute atomic E-state index is 5.92. The van der Waals surface area contributed by atoms with Crippen LogP contribution in [0.3, 0.4) is 0 Å². The highest BCUT2D eigenvalue weighted by atomic mass is 32.1. The minimum atomic E-state index is -0.0833. The van der Waals surface area contributed by atoms with Gasteiger partial charge in [0.05, 0.1) is 24.9 Å². The van der Waals surface area contributed by atoms with E-state index in [2.05, 4.69) is 97.6 Å². The fourth-order valence-electron chi connectivity index (χ4n) is 5.04. The van der Waals surface area contributed by atoms with Gasteiger partial charge < -0.3 is 24.4 Å². The smallest absolute Gasteiger partial charge is 0.174 e. The summed E-state index contributed by atoms with van der Waals surface area (Å²) in [4.78, 5) is 9.28. The molecule has 0 spiro atoms. The summed E-state index contributed by atoms with van der Waals surface area (Å²) >= 11 is 5.92. The molecule has 2 aromatic heterocycles. The highest BCUT2D eigenvalue weighted by Crippen LogP contribution is 2.42. The Labute approximate surface area is 210 Å². The van der Waals surface area contributed by atoms with Crippen LogP contribution in [-0.2, 0) is 4.74 Å². The minimum absolute atomic E-state index is 0.0677. The molecular formula is C28H27N5OS. The molecule has 2 aliphatic heterocycles. The van der Waals surface area contributed by atoms with E-state index in [-0.39, 0.29) is 12.1 Å². The molecule has 0 aliphatic carbocycles. The molecule has 35 heavy (non-hydrogen) atoms. The number of nitrogens with one attached hydrogen (secondary N) is 1. The van der Waals surface area contributed by atoms with Crippen molar-refractivity contribution in [3.05, 3.63) is 109 Å². The molecule has 2 saturated heterocycles. The van der Waals surface area contributed by atoms with E-state index >= 15 is 0 Å². The number of benzene rings is 2. The highest BCUT2D eigenvalue weighted by molar-refractivity contribution is 7.80. The van der Waals surface area contributed by atoms with Gasteiger partial charge in [0.1, 0.15) is 6.04 Å². The van der Waals surface area contributed by atoms with Crippen LogP contribution in [0, 0.1) is 0 Å². The zero-order valence-electron chi connectivity index (χ0n) is 19.3. The summed E-state index contributed by atoms with van der Waals surface area (Å²) in [5.74, 6) is 0. The largest absolute Gasteiger partial charge is 0.378 e. The molecule has 7 heteroatoms. The van der Waals surface area contributed by atoms with Crippen LogP contribution in [-0.4, -0.2) is 41.0 Å². The number of hydrogen-bond acceptors (Lipinski definition) is 4. The molecule has 2 fully saturated rings. The summed E-state index contributed by atoms with van der Waals surface area (Å²) in [5.41, 5.74) is 5.50. The van der Waals surface area contributed by atoms with E-state index in [4.69, 9.17) is 17.0 Å². The van der Waals surface area contributed by atoms with Crippen molar-refractivity contribution in [3.8, 4) is 5.69 Å². The van der Waals surface area contributed by atoms with Gasteiger partial charge in [-0.25, -0.2) is 0 Å². The van der Waals surface area contributed by atoms with Gasteiger partial charge in [-0.15, -0.1) is 0 Å². The van der Waals surface area contributed by atoms with Gasteiger partial charge in [0.25, 0.3) is 0 Å². The van der Waals surface area contributed by atoms with Gasteiger partial charge in [0, 0.05) is 48.2 Å². The number of morpholine rings is 1. The first-order valence-electron chi connectivity index (χ1n) is 12.0. The third kappa shape index (κ3) is 4.17. The van der Waals surface area contributed by atoms with E-state index in [1.54, 1.807) is 0 Å². The number of hydrogen-bond donors (Lipinski definition) is 1. The van der Waals surface area contributed by atoms with Gasteiger partial charge in [-0.2, -0.15) is 0 Å². The molecule has 2 aromatic carbocycles. The summed E-state index contributed by atoms with van der Waals surface area (Å²) in [6.07, 6.45) is 3.95. The number of aromatic nitrogens is 2. The first kappa shape index (κ1) is 21.8. The lowest BCUT2D eigenvalue weighted by Gasteiger charge is -2.31. The van der Waals surface area contributed by atoms with Gasteiger partial charge in [-0.3, -0.25) is 4.98 Å². The molecule has 2 aliphatic rings. The summed E-state index contributed by atoms with van der Waals surface area (Å²) in [7, 11) is 0. The Morgan fingerprint density at radius 1 is 0.800 bits per heavy atom. The summed E-state index contributed by atoms with van der Waals surface area (Å²) in [5, 5.41) is 4.27. The number of thiocarbonyl (C=S) groups is 1. The molecule has 0 amide bonds. The maximum Gasteiger partial charge on any atom is 0.174 e. The molecule has 0 unspecified atom stereocenters.